The van der Waals surface area contributed by atoms with Crippen LogP contribution in [0.25, 0.3) is 5.69 Å². The highest BCUT2D eigenvalue weighted by Crippen LogP contribution is 2.24. The largest absolute Gasteiger partial charge is 0.462 e. The summed E-state index contributed by atoms with van der Waals surface area (Å²) >= 11 is 0. The number of carbonyl (C=O) groups is 1. The van der Waals surface area contributed by atoms with Gasteiger partial charge in [0.05, 0.1) is 23.9 Å². The fourth-order valence-corrected chi connectivity index (χ4v) is 3.33. The lowest BCUT2D eigenvalue weighted by molar-refractivity contribution is -0.135. The first-order valence-corrected chi connectivity index (χ1v) is 9.00. The lowest BCUT2D eigenvalue weighted by atomic mass is 10.1. The van der Waals surface area contributed by atoms with Crippen molar-refractivity contribution in [3.05, 3.63) is 51.9 Å². The van der Waals surface area contributed by atoms with Gasteiger partial charge in [0.15, 0.2) is 0 Å². The summed E-state index contributed by atoms with van der Waals surface area (Å²) in [5.41, 5.74) is 8.83. The van der Waals surface area contributed by atoms with E-state index in [1.165, 1.54) is 0 Å². The predicted molar refractivity (Wildman–Crippen MR) is 103 cm³/mol. The Balaban J connectivity index is 1.86. The van der Waals surface area contributed by atoms with Crippen LogP contribution in [-0.2, 0) is 16.6 Å². The second kappa shape index (κ2) is 7.89. The van der Waals surface area contributed by atoms with Crippen molar-refractivity contribution >= 4 is 11.7 Å². The molecule has 1 aromatic heterocycles. The minimum atomic E-state index is -0.426. The number of aliphatic imine (C=N–C) groups is 1. The summed E-state index contributed by atoms with van der Waals surface area (Å²) in [5.74, 6) is -0.426. The molecule has 0 aliphatic carbocycles. The summed E-state index contributed by atoms with van der Waals surface area (Å²) in [6.45, 7) is 5.63. The summed E-state index contributed by atoms with van der Waals surface area (Å²) in [6.07, 6.45) is 0.259. The van der Waals surface area contributed by atoms with Gasteiger partial charge in [-0.3, -0.25) is 14.5 Å². The van der Waals surface area contributed by atoms with E-state index in [0.29, 0.717) is 24.3 Å². The fourth-order valence-electron chi connectivity index (χ4n) is 3.33. The Hall–Kier alpha value is -2.71. The first kappa shape index (κ1) is 19.1. The number of ether oxygens (including phenoxy) is 1. The molecule has 8 nitrogen and oxygen atoms in total. The lowest BCUT2D eigenvalue weighted by Gasteiger charge is -2.08. The van der Waals surface area contributed by atoms with E-state index < -0.39 is 5.97 Å². The number of nitrogens with zero attached hydrogens (tertiary/aromatic N) is 3. The van der Waals surface area contributed by atoms with Gasteiger partial charge in [-0.1, -0.05) is 18.2 Å². The zero-order valence-electron chi connectivity index (χ0n) is 16.0. The van der Waals surface area contributed by atoms with E-state index in [9.17, 15) is 9.59 Å². The summed E-state index contributed by atoms with van der Waals surface area (Å²) in [7, 11) is 1.87. The quantitative estimate of drug-likeness (QED) is 0.612. The molecule has 2 heterocycles. The van der Waals surface area contributed by atoms with E-state index in [-0.39, 0.29) is 17.8 Å². The van der Waals surface area contributed by atoms with Crippen molar-refractivity contribution in [3.63, 3.8) is 0 Å². The average molecular weight is 371 g/mol. The highest BCUT2D eigenvalue weighted by atomic mass is 16.5. The minimum Gasteiger partial charge on any atom is -0.462 e. The number of aromatic nitrogens is 2. The zero-order chi connectivity index (χ0) is 19.6. The van der Waals surface area contributed by atoms with E-state index in [4.69, 9.17) is 4.74 Å². The summed E-state index contributed by atoms with van der Waals surface area (Å²) < 4.78 is 8.47. The third-order valence-corrected chi connectivity index (χ3v) is 4.75. The molecule has 2 unspecified atom stereocenters. The van der Waals surface area contributed by atoms with Crippen LogP contribution in [0.4, 0.5) is 0 Å². The normalized spacial score (nSPS) is 20.1. The molecule has 1 aliphatic heterocycles. The van der Waals surface area contributed by atoms with Crippen LogP contribution in [0.15, 0.2) is 40.1 Å². The number of benzene rings is 1. The van der Waals surface area contributed by atoms with Gasteiger partial charge in [-0.25, -0.2) is 20.3 Å². The Morgan fingerprint density at radius 1 is 1.30 bits per heavy atom. The Morgan fingerprint density at radius 3 is 2.67 bits per heavy atom. The fraction of sp³-hybridized carbons (Fsp3) is 0.421. The maximum absolute atomic E-state index is 13.1. The van der Waals surface area contributed by atoms with E-state index in [1.54, 1.807) is 18.5 Å². The number of para-hydroxylation sites is 1. The Labute approximate surface area is 157 Å². The smallest absolute Gasteiger partial charge is 0.351 e. The molecule has 2 aromatic rings. The van der Waals surface area contributed by atoms with Crippen molar-refractivity contribution in [2.45, 2.75) is 39.4 Å². The van der Waals surface area contributed by atoms with Crippen molar-refractivity contribution in [1.29, 1.82) is 0 Å². The number of esters is 1. The molecule has 144 valence electrons. The van der Waals surface area contributed by atoms with Crippen LogP contribution in [0.3, 0.4) is 0 Å². The molecular formula is C19H25N5O3. The number of nitrogens with one attached hydrogen (secondary N) is 2. The van der Waals surface area contributed by atoms with Gasteiger partial charge in [-0.05, 0) is 32.9 Å². The van der Waals surface area contributed by atoms with Crippen LogP contribution in [0.2, 0.25) is 0 Å². The van der Waals surface area contributed by atoms with Crippen molar-refractivity contribution in [2.75, 3.05) is 6.61 Å². The lowest BCUT2D eigenvalue weighted by Crippen LogP contribution is -2.32. The van der Waals surface area contributed by atoms with E-state index in [1.807, 2.05) is 49.0 Å². The topological polar surface area (TPSA) is 89.7 Å². The monoisotopic (exact) mass is 371 g/mol. The van der Waals surface area contributed by atoms with Crippen molar-refractivity contribution in [3.8, 4) is 5.69 Å². The highest BCUT2D eigenvalue weighted by Gasteiger charge is 2.31. The third-order valence-electron chi connectivity index (χ3n) is 4.75. The van der Waals surface area contributed by atoms with Crippen LogP contribution in [-0.4, -0.2) is 33.8 Å². The van der Waals surface area contributed by atoms with Crippen LogP contribution >= 0.6 is 0 Å². The van der Waals surface area contributed by atoms with Crippen LogP contribution in [0.1, 0.15) is 37.6 Å². The number of hydrogen-bond acceptors (Lipinski definition) is 6. The van der Waals surface area contributed by atoms with Crippen molar-refractivity contribution in [1.82, 2.24) is 20.2 Å². The minimum absolute atomic E-state index is 0.0627. The Bertz CT molecular complexity index is 913. The van der Waals surface area contributed by atoms with Crippen LogP contribution < -0.4 is 16.4 Å². The maximum atomic E-state index is 13.1. The molecule has 1 aromatic carbocycles. The Kier molecular flexibility index (Phi) is 5.57. The average Bonchev–Trinajstić information content (AvgIpc) is 3.18. The summed E-state index contributed by atoms with van der Waals surface area (Å²) in [5, 5.41) is 0. The molecule has 27 heavy (non-hydrogen) atoms. The van der Waals surface area contributed by atoms with E-state index in [2.05, 4.69) is 15.8 Å². The van der Waals surface area contributed by atoms with E-state index in [0.717, 1.165) is 11.4 Å². The molecule has 2 N–H and O–H groups in total. The molecule has 0 spiro atoms. The standard InChI is InChI=1S/C19H25N5O3/c1-5-27-19(26)12(2)20-16-11-15(21-22-16)17-13(3)23(4)24(18(17)25)14-9-7-6-8-10-14/h6-10,15-16,21-22H,5,11H2,1-4H3/b20-12+. The Morgan fingerprint density at radius 2 is 2.00 bits per heavy atom. The number of carbonyl (C=O) groups excluding carboxylic acids is 1. The predicted octanol–water partition coefficient (Wildman–Crippen LogP) is 1.37. The van der Waals surface area contributed by atoms with Gasteiger partial charge < -0.3 is 4.74 Å². The molecule has 1 fully saturated rings. The molecule has 1 aliphatic rings. The van der Waals surface area contributed by atoms with Gasteiger partial charge in [0.1, 0.15) is 11.9 Å². The second-order valence-electron chi connectivity index (χ2n) is 6.50. The van der Waals surface area contributed by atoms with Gasteiger partial charge in [-0.2, -0.15) is 0 Å². The zero-order valence-corrected chi connectivity index (χ0v) is 16.0. The van der Waals surface area contributed by atoms with Crippen molar-refractivity contribution in [2.24, 2.45) is 12.0 Å². The third kappa shape index (κ3) is 3.72. The summed E-state index contributed by atoms with van der Waals surface area (Å²) in [6, 6.07) is 9.34. The molecule has 8 heteroatoms. The number of hydrazine groups is 1. The second-order valence-corrected chi connectivity index (χ2v) is 6.50. The van der Waals surface area contributed by atoms with Crippen LogP contribution in [0.5, 0.6) is 0 Å². The van der Waals surface area contributed by atoms with Crippen LogP contribution in [0, 0.1) is 6.92 Å². The van der Waals surface area contributed by atoms with E-state index >= 15 is 0 Å². The molecular weight excluding hydrogens is 346 g/mol. The molecule has 0 amide bonds. The molecule has 3 rings (SSSR count). The van der Waals surface area contributed by atoms with Gasteiger partial charge >= 0.3 is 5.97 Å². The highest BCUT2D eigenvalue weighted by molar-refractivity contribution is 6.35. The molecule has 1 saturated heterocycles. The van der Waals surface area contributed by atoms with Gasteiger partial charge in [0.2, 0.25) is 0 Å². The first-order chi connectivity index (χ1) is 12.9. The summed E-state index contributed by atoms with van der Waals surface area (Å²) in [4.78, 5) is 29.2. The van der Waals surface area contributed by atoms with Crippen molar-refractivity contribution < 1.29 is 9.53 Å². The first-order valence-electron chi connectivity index (χ1n) is 9.00. The van der Waals surface area contributed by atoms with Gasteiger partial charge in [0, 0.05) is 19.2 Å². The SMILES string of the molecule is CCOC(=O)/C(C)=N/C1CC(c2c(C)n(C)n(-c3ccccc3)c2=O)NN1. The molecule has 0 radical (unpaired) electrons. The molecule has 0 bridgehead atoms. The maximum Gasteiger partial charge on any atom is 0.351 e. The van der Waals surface area contributed by atoms with Gasteiger partial charge in [-0.15, -0.1) is 0 Å². The van der Waals surface area contributed by atoms with Gasteiger partial charge in [0.25, 0.3) is 5.56 Å². The number of hydrogen-bond donors (Lipinski definition) is 2. The number of rotatable bonds is 5. The molecule has 2 atom stereocenters. The molecule has 0 saturated carbocycles.